The molecule has 1 atom stereocenters. The molecule has 1 unspecified atom stereocenters. The number of nitrogen functional groups attached to an aromatic ring is 1. The highest BCUT2D eigenvalue weighted by molar-refractivity contribution is 7.99. The van der Waals surface area contributed by atoms with E-state index < -0.39 is 0 Å². The molecule has 1 rings (SSSR count). The Balaban J connectivity index is 2.56. The van der Waals surface area contributed by atoms with E-state index in [9.17, 15) is 0 Å². The van der Waals surface area contributed by atoms with Gasteiger partial charge in [-0.25, -0.2) is 0 Å². The number of nitrogens with two attached hydrogens (primary N) is 1. The van der Waals surface area contributed by atoms with Crippen LogP contribution >= 0.6 is 23.4 Å². The SMILES string of the molecule is CCSCC(C)Nc1ccc(N)cc1Cl. The van der Waals surface area contributed by atoms with Gasteiger partial charge in [0.15, 0.2) is 0 Å². The molecule has 0 saturated heterocycles. The summed E-state index contributed by atoms with van der Waals surface area (Å²) < 4.78 is 0. The Morgan fingerprint density at radius 1 is 1.53 bits per heavy atom. The molecular weight excluding hydrogens is 228 g/mol. The van der Waals surface area contributed by atoms with Gasteiger partial charge < -0.3 is 11.1 Å². The van der Waals surface area contributed by atoms with Crippen LogP contribution in [-0.4, -0.2) is 17.5 Å². The van der Waals surface area contributed by atoms with Gasteiger partial charge in [-0.05, 0) is 30.9 Å². The van der Waals surface area contributed by atoms with Gasteiger partial charge in [0.05, 0.1) is 10.7 Å². The summed E-state index contributed by atoms with van der Waals surface area (Å²) >= 11 is 7.97. The van der Waals surface area contributed by atoms with E-state index in [1.54, 1.807) is 6.07 Å². The summed E-state index contributed by atoms with van der Waals surface area (Å²) in [5, 5.41) is 4.05. The Labute approximate surface area is 101 Å². The molecule has 0 fully saturated rings. The van der Waals surface area contributed by atoms with Gasteiger partial charge in [0.2, 0.25) is 0 Å². The molecule has 2 nitrogen and oxygen atoms in total. The van der Waals surface area contributed by atoms with Gasteiger partial charge in [-0.15, -0.1) is 0 Å². The van der Waals surface area contributed by atoms with E-state index in [2.05, 4.69) is 19.2 Å². The predicted octanol–water partition coefficient (Wildman–Crippen LogP) is 3.48. The second-order valence-corrected chi connectivity index (χ2v) is 5.17. The highest BCUT2D eigenvalue weighted by Gasteiger charge is 2.05. The van der Waals surface area contributed by atoms with Crippen LogP contribution in [0.4, 0.5) is 11.4 Å². The first-order valence-corrected chi connectivity index (χ1v) is 6.56. The van der Waals surface area contributed by atoms with E-state index >= 15 is 0 Å². The number of thioether (sulfide) groups is 1. The second-order valence-electron chi connectivity index (χ2n) is 3.44. The Morgan fingerprint density at radius 2 is 2.27 bits per heavy atom. The van der Waals surface area contributed by atoms with E-state index in [0.29, 0.717) is 16.8 Å². The summed E-state index contributed by atoms with van der Waals surface area (Å²) in [4.78, 5) is 0. The van der Waals surface area contributed by atoms with Gasteiger partial charge in [0, 0.05) is 17.5 Å². The Bertz CT molecular complexity index is 317. The summed E-state index contributed by atoms with van der Waals surface area (Å²) in [5.74, 6) is 2.22. The topological polar surface area (TPSA) is 38.0 Å². The molecule has 0 bridgehead atoms. The zero-order valence-corrected chi connectivity index (χ0v) is 10.7. The molecule has 3 N–H and O–H groups in total. The number of benzene rings is 1. The molecular formula is C11H17ClN2S. The summed E-state index contributed by atoms with van der Waals surface area (Å²) in [6.45, 7) is 4.31. The third-order valence-electron chi connectivity index (χ3n) is 1.97. The lowest BCUT2D eigenvalue weighted by molar-refractivity contribution is 0.913. The molecule has 15 heavy (non-hydrogen) atoms. The zero-order chi connectivity index (χ0) is 11.3. The van der Waals surface area contributed by atoms with Crippen molar-refractivity contribution < 1.29 is 0 Å². The first kappa shape index (κ1) is 12.5. The number of rotatable bonds is 5. The molecule has 0 aliphatic heterocycles. The Morgan fingerprint density at radius 3 is 2.87 bits per heavy atom. The van der Waals surface area contributed by atoms with Crippen LogP contribution in [-0.2, 0) is 0 Å². The highest BCUT2D eigenvalue weighted by atomic mass is 35.5. The van der Waals surface area contributed by atoms with E-state index in [1.165, 1.54) is 0 Å². The maximum atomic E-state index is 6.06. The third kappa shape index (κ3) is 4.22. The Kier molecular flexibility index (Phi) is 5.12. The first-order chi connectivity index (χ1) is 7.13. The van der Waals surface area contributed by atoms with Gasteiger partial charge in [-0.2, -0.15) is 11.8 Å². The number of anilines is 2. The molecule has 84 valence electrons. The smallest absolute Gasteiger partial charge is 0.0658 e. The molecule has 0 spiro atoms. The minimum absolute atomic E-state index is 0.413. The monoisotopic (exact) mass is 244 g/mol. The van der Waals surface area contributed by atoms with Crippen LogP contribution in [0, 0.1) is 0 Å². The Hall–Kier alpha value is -0.540. The molecule has 0 amide bonds. The quantitative estimate of drug-likeness (QED) is 0.779. The molecule has 4 heteroatoms. The molecule has 0 radical (unpaired) electrons. The summed E-state index contributed by atoms with van der Waals surface area (Å²) in [7, 11) is 0. The molecule has 0 aliphatic carbocycles. The van der Waals surface area contributed by atoms with E-state index in [-0.39, 0.29) is 0 Å². The molecule has 0 aliphatic rings. The molecule has 1 aromatic carbocycles. The summed E-state index contributed by atoms with van der Waals surface area (Å²) in [6, 6.07) is 5.96. The molecule has 1 aromatic rings. The lowest BCUT2D eigenvalue weighted by atomic mass is 10.2. The maximum Gasteiger partial charge on any atom is 0.0658 e. The highest BCUT2D eigenvalue weighted by Crippen LogP contribution is 2.25. The van der Waals surface area contributed by atoms with Gasteiger partial charge in [-0.3, -0.25) is 0 Å². The number of hydrogen-bond acceptors (Lipinski definition) is 3. The van der Waals surface area contributed by atoms with Crippen molar-refractivity contribution in [2.24, 2.45) is 0 Å². The van der Waals surface area contributed by atoms with Crippen molar-refractivity contribution in [3.05, 3.63) is 23.2 Å². The van der Waals surface area contributed by atoms with Crippen LogP contribution in [0.1, 0.15) is 13.8 Å². The predicted molar refractivity (Wildman–Crippen MR) is 71.9 cm³/mol. The van der Waals surface area contributed by atoms with Crippen molar-refractivity contribution in [2.75, 3.05) is 22.6 Å². The fraction of sp³-hybridized carbons (Fsp3) is 0.455. The first-order valence-electron chi connectivity index (χ1n) is 5.02. The normalized spacial score (nSPS) is 12.5. The van der Waals surface area contributed by atoms with Crippen LogP contribution < -0.4 is 11.1 Å². The second kappa shape index (κ2) is 6.13. The fourth-order valence-corrected chi connectivity index (χ4v) is 2.17. The minimum Gasteiger partial charge on any atom is -0.399 e. The van der Waals surface area contributed by atoms with E-state index in [1.807, 2.05) is 23.9 Å². The van der Waals surface area contributed by atoms with Gasteiger partial charge in [0.25, 0.3) is 0 Å². The molecule has 0 saturated carbocycles. The van der Waals surface area contributed by atoms with E-state index in [4.69, 9.17) is 17.3 Å². The lowest BCUT2D eigenvalue weighted by Gasteiger charge is -2.15. The lowest BCUT2D eigenvalue weighted by Crippen LogP contribution is -2.18. The molecule has 0 heterocycles. The number of nitrogens with one attached hydrogen (secondary N) is 1. The van der Waals surface area contributed by atoms with Crippen molar-refractivity contribution >= 4 is 34.7 Å². The van der Waals surface area contributed by atoms with Gasteiger partial charge in [0.1, 0.15) is 0 Å². The average molecular weight is 245 g/mol. The summed E-state index contributed by atoms with van der Waals surface area (Å²) in [5.41, 5.74) is 7.27. The van der Waals surface area contributed by atoms with Crippen LogP contribution in [0.25, 0.3) is 0 Å². The largest absolute Gasteiger partial charge is 0.399 e. The van der Waals surface area contributed by atoms with Crippen LogP contribution in [0.3, 0.4) is 0 Å². The number of hydrogen-bond donors (Lipinski definition) is 2. The fourth-order valence-electron chi connectivity index (χ4n) is 1.25. The van der Waals surface area contributed by atoms with Crippen molar-refractivity contribution in [1.82, 2.24) is 0 Å². The van der Waals surface area contributed by atoms with Crippen molar-refractivity contribution in [3.8, 4) is 0 Å². The van der Waals surface area contributed by atoms with Crippen LogP contribution in [0.5, 0.6) is 0 Å². The van der Waals surface area contributed by atoms with Crippen LogP contribution in [0.2, 0.25) is 5.02 Å². The van der Waals surface area contributed by atoms with Crippen LogP contribution in [0.15, 0.2) is 18.2 Å². The van der Waals surface area contributed by atoms with Crippen molar-refractivity contribution in [3.63, 3.8) is 0 Å². The van der Waals surface area contributed by atoms with Crippen molar-refractivity contribution in [1.29, 1.82) is 0 Å². The molecule has 0 aromatic heterocycles. The average Bonchev–Trinajstić information content (AvgIpc) is 2.19. The minimum atomic E-state index is 0.413. The van der Waals surface area contributed by atoms with E-state index in [0.717, 1.165) is 17.2 Å². The third-order valence-corrected chi connectivity index (χ3v) is 3.42. The van der Waals surface area contributed by atoms with Gasteiger partial charge in [-0.1, -0.05) is 18.5 Å². The summed E-state index contributed by atoms with van der Waals surface area (Å²) in [6.07, 6.45) is 0. The number of halogens is 1. The standard InChI is InChI=1S/C11H17ClN2S/c1-3-15-7-8(2)14-11-5-4-9(13)6-10(11)12/h4-6,8,14H,3,7,13H2,1-2H3. The maximum absolute atomic E-state index is 6.06. The van der Waals surface area contributed by atoms with Crippen molar-refractivity contribution in [2.45, 2.75) is 19.9 Å². The van der Waals surface area contributed by atoms with Gasteiger partial charge >= 0.3 is 0 Å². The zero-order valence-electron chi connectivity index (χ0n) is 9.09.